The molecule has 1 atom stereocenters. The Labute approximate surface area is 83.8 Å². The van der Waals surface area contributed by atoms with Crippen LogP contribution in [0.1, 0.15) is 25.7 Å². The van der Waals surface area contributed by atoms with Gasteiger partial charge in [0, 0.05) is 25.5 Å². The Balaban J connectivity index is 2.00. The highest BCUT2D eigenvalue weighted by Gasteiger charge is 2.15. The summed E-state index contributed by atoms with van der Waals surface area (Å²) in [6.07, 6.45) is 3.69. The number of carbonyl (C=O) groups is 1. The number of nitrogens with one attached hydrogen (secondary N) is 1. The van der Waals surface area contributed by atoms with Gasteiger partial charge in [-0.25, -0.2) is 0 Å². The van der Waals surface area contributed by atoms with Crippen LogP contribution in [0.2, 0.25) is 0 Å². The molecule has 0 aromatic heterocycles. The van der Waals surface area contributed by atoms with E-state index in [-0.39, 0.29) is 12.0 Å². The first-order chi connectivity index (χ1) is 6.33. The van der Waals surface area contributed by atoms with Crippen LogP contribution in [0.5, 0.6) is 0 Å². The Bertz CT molecular complexity index is 158. The SMILES string of the molecule is O=C(CCCCl)NCC1CCCO1. The van der Waals surface area contributed by atoms with E-state index in [1.807, 2.05) is 0 Å². The second kappa shape index (κ2) is 6.22. The van der Waals surface area contributed by atoms with E-state index in [4.69, 9.17) is 16.3 Å². The van der Waals surface area contributed by atoms with Gasteiger partial charge >= 0.3 is 0 Å². The summed E-state index contributed by atoms with van der Waals surface area (Å²) in [4.78, 5) is 11.1. The Morgan fingerprint density at radius 3 is 3.08 bits per heavy atom. The van der Waals surface area contributed by atoms with Crippen LogP contribution >= 0.6 is 11.6 Å². The summed E-state index contributed by atoms with van der Waals surface area (Å²) < 4.78 is 5.37. The third-order valence-electron chi connectivity index (χ3n) is 2.09. The second-order valence-electron chi connectivity index (χ2n) is 3.23. The van der Waals surface area contributed by atoms with Crippen LogP contribution in [-0.2, 0) is 9.53 Å². The third kappa shape index (κ3) is 4.48. The van der Waals surface area contributed by atoms with Crippen molar-refractivity contribution in [2.45, 2.75) is 31.8 Å². The topological polar surface area (TPSA) is 38.3 Å². The van der Waals surface area contributed by atoms with E-state index in [2.05, 4.69) is 5.32 Å². The smallest absolute Gasteiger partial charge is 0.220 e. The van der Waals surface area contributed by atoms with Gasteiger partial charge in [0.15, 0.2) is 0 Å². The van der Waals surface area contributed by atoms with Gasteiger partial charge in [0.25, 0.3) is 0 Å². The van der Waals surface area contributed by atoms with Crippen LogP contribution in [0.4, 0.5) is 0 Å². The Kier molecular flexibility index (Phi) is 5.16. The van der Waals surface area contributed by atoms with Crippen LogP contribution < -0.4 is 5.32 Å². The average molecular weight is 206 g/mol. The first kappa shape index (κ1) is 10.8. The number of hydrogen-bond donors (Lipinski definition) is 1. The van der Waals surface area contributed by atoms with Crippen molar-refractivity contribution in [3.05, 3.63) is 0 Å². The van der Waals surface area contributed by atoms with Crippen molar-refractivity contribution >= 4 is 17.5 Å². The van der Waals surface area contributed by atoms with Crippen LogP contribution in [0, 0.1) is 0 Å². The summed E-state index contributed by atoms with van der Waals surface area (Å²) in [5, 5.41) is 2.84. The fraction of sp³-hybridized carbons (Fsp3) is 0.889. The maximum absolute atomic E-state index is 11.1. The van der Waals surface area contributed by atoms with Gasteiger partial charge in [-0.1, -0.05) is 0 Å². The molecule has 1 saturated heterocycles. The Hall–Kier alpha value is -0.280. The lowest BCUT2D eigenvalue weighted by Gasteiger charge is -2.10. The van der Waals surface area contributed by atoms with E-state index in [9.17, 15) is 4.79 Å². The van der Waals surface area contributed by atoms with Crippen molar-refractivity contribution in [2.24, 2.45) is 0 Å². The zero-order valence-electron chi connectivity index (χ0n) is 7.72. The normalized spacial score (nSPS) is 21.8. The Morgan fingerprint density at radius 1 is 1.62 bits per heavy atom. The molecule has 1 fully saturated rings. The fourth-order valence-corrected chi connectivity index (χ4v) is 1.48. The van der Waals surface area contributed by atoms with Gasteiger partial charge in [-0.2, -0.15) is 0 Å². The van der Waals surface area contributed by atoms with E-state index in [1.165, 1.54) is 0 Å². The summed E-state index contributed by atoms with van der Waals surface area (Å²) >= 11 is 5.47. The molecule has 0 spiro atoms. The van der Waals surface area contributed by atoms with E-state index in [0.29, 0.717) is 18.8 Å². The molecular formula is C9H16ClNO2. The van der Waals surface area contributed by atoms with Crippen LogP contribution in [0.3, 0.4) is 0 Å². The maximum atomic E-state index is 11.1. The molecule has 1 aliphatic heterocycles. The molecule has 0 aromatic carbocycles. The standard InChI is InChI=1S/C9H16ClNO2/c10-5-1-4-9(12)11-7-8-3-2-6-13-8/h8H,1-7H2,(H,11,12). The number of hydrogen-bond acceptors (Lipinski definition) is 2. The van der Waals surface area contributed by atoms with E-state index >= 15 is 0 Å². The summed E-state index contributed by atoms with van der Waals surface area (Å²) in [5.41, 5.74) is 0. The molecule has 76 valence electrons. The van der Waals surface area contributed by atoms with Crippen molar-refractivity contribution in [3.8, 4) is 0 Å². The minimum Gasteiger partial charge on any atom is -0.376 e. The van der Waals surface area contributed by atoms with Gasteiger partial charge in [-0.05, 0) is 19.3 Å². The highest BCUT2D eigenvalue weighted by molar-refractivity contribution is 6.17. The molecule has 3 nitrogen and oxygen atoms in total. The zero-order valence-corrected chi connectivity index (χ0v) is 8.48. The van der Waals surface area contributed by atoms with Crippen molar-refractivity contribution in [1.29, 1.82) is 0 Å². The van der Waals surface area contributed by atoms with Crippen molar-refractivity contribution in [1.82, 2.24) is 5.32 Å². The van der Waals surface area contributed by atoms with Crippen LogP contribution in [0.15, 0.2) is 0 Å². The molecule has 1 N–H and O–H groups in total. The molecule has 1 aliphatic rings. The lowest BCUT2D eigenvalue weighted by atomic mass is 10.2. The first-order valence-electron chi connectivity index (χ1n) is 4.77. The fourth-order valence-electron chi connectivity index (χ4n) is 1.35. The molecule has 1 rings (SSSR count). The van der Waals surface area contributed by atoms with Crippen molar-refractivity contribution in [3.63, 3.8) is 0 Å². The molecule has 0 bridgehead atoms. The van der Waals surface area contributed by atoms with Gasteiger partial charge in [0.1, 0.15) is 0 Å². The van der Waals surface area contributed by atoms with E-state index < -0.39 is 0 Å². The lowest BCUT2D eigenvalue weighted by molar-refractivity contribution is -0.121. The first-order valence-corrected chi connectivity index (χ1v) is 5.30. The zero-order chi connectivity index (χ0) is 9.52. The number of ether oxygens (including phenoxy) is 1. The molecule has 13 heavy (non-hydrogen) atoms. The number of rotatable bonds is 5. The number of alkyl halides is 1. The largest absolute Gasteiger partial charge is 0.376 e. The summed E-state index contributed by atoms with van der Waals surface area (Å²) in [7, 11) is 0. The Morgan fingerprint density at radius 2 is 2.46 bits per heavy atom. The molecule has 0 aromatic rings. The summed E-state index contributed by atoms with van der Waals surface area (Å²) in [6, 6.07) is 0. The molecule has 0 aliphatic carbocycles. The minimum atomic E-state index is 0.0798. The highest BCUT2D eigenvalue weighted by Crippen LogP contribution is 2.10. The second-order valence-corrected chi connectivity index (χ2v) is 3.61. The number of carbonyl (C=O) groups excluding carboxylic acids is 1. The lowest BCUT2D eigenvalue weighted by Crippen LogP contribution is -2.31. The highest BCUT2D eigenvalue weighted by atomic mass is 35.5. The quantitative estimate of drug-likeness (QED) is 0.688. The monoisotopic (exact) mass is 205 g/mol. The number of halogens is 1. The van der Waals surface area contributed by atoms with E-state index in [0.717, 1.165) is 25.9 Å². The van der Waals surface area contributed by atoms with Crippen LogP contribution in [-0.4, -0.2) is 31.0 Å². The molecule has 1 amide bonds. The molecule has 1 unspecified atom stereocenters. The molecular weight excluding hydrogens is 190 g/mol. The van der Waals surface area contributed by atoms with Crippen molar-refractivity contribution in [2.75, 3.05) is 19.0 Å². The van der Waals surface area contributed by atoms with Gasteiger partial charge in [-0.15, -0.1) is 11.6 Å². The summed E-state index contributed by atoms with van der Waals surface area (Å²) in [6.45, 7) is 1.49. The molecule has 0 saturated carbocycles. The maximum Gasteiger partial charge on any atom is 0.220 e. The average Bonchev–Trinajstić information content (AvgIpc) is 2.64. The number of amides is 1. The van der Waals surface area contributed by atoms with Gasteiger partial charge < -0.3 is 10.1 Å². The predicted octanol–water partition coefficient (Wildman–Crippen LogP) is 1.30. The van der Waals surface area contributed by atoms with Gasteiger partial charge in [0.05, 0.1) is 6.10 Å². The minimum absolute atomic E-state index is 0.0798. The molecule has 1 heterocycles. The van der Waals surface area contributed by atoms with Crippen LogP contribution in [0.25, 0.3) is 0 Å². The third-order valence-corrected chi connectivity index (χ3v) is 2.36. The van der Waals surface area contributed by atoms with Crippen molar-refractivity contribution < 1.29 is 9.53 Å². The molecule has 4 heteroatoms. The van der Waals surface area contributed by atoms with Gasteiger partial charge in [0.2, 0.25) is 5.91 Å². The van der Waals surface area contributed by atoms with E-state index in [1.54, 1.807) is 0 Å². The van der Waals surface area contributed by atoms with Gasteiger partial charge in [-0.3, -0.25) is 4.79 Å². The predicted molar refractivity (Wildman–Crippen MR) is 51.9 cm³/mol. The molecule has 0 radical (unpaired) electrons. The summed E-state index contributed by atoms with van der Waals surface area (Å²) in [5.74, 6) is 0.629.